The highest BCUT2D eigenvalue weighted by Gasteiger charge is 2.07. The van der Waals surface area contributed by atoms with Crippen molar-refractivity contribution in [2.75, 3.05) is 20.1 Å². The van der Waals surface area contributed by atoms with E-state index >= 15 is 0 Å². The molecule has 26 heavy (non-hydrogen) atoms. The highest BCUT2D eigenvalue weighted by atomic mass is 127. The lowest BCUT2D eigenvalue weighted by Crippen LogP contribution is -2.41. The molecule has 0 atom stereocenters. The third-order valence-corrected chi connectivity index (χ3v) is 3.47. The molecule has 0 aliphatic rings. The number of hydrogen-bond donors (Lipinski definition) is 3. The summed E-state index contributed by atoms with van der Waals surface area (Å²) in [5, 5.41) is 9.15. The molecular weight excluding hydrogens is 445 g/mol. The molecule has 3 N–H and O–H groups in total. The van der Waals surface area contributed by atoms with E-state index in [2.05, 4.69) is 25.9 Å². The number of aromatic nitrogens is 1. The molecule has 0 saturated heterocycles. The molecule has 2 rings (SSSR count). The molecule has 0 aliphatic carbocycles. The van der Waals surface area contributed by atoms with Gasteiger partial charge in [0, 0.05) is 31.6 Å². The van der Waals surface area contributed by atoms with Gasteiger partial charge in [-0.3, -0.25) is 9.79 Å². The van der Waals surface area contributed by atoms with Crippen LogP contribution >= 0.6 is 24.0 Å². The smallest absolute Gasteiger partial charge is 0.226 e. The van der Waals surface area contributed by atoms with Crippen molar-refractivity contribution in [3.8, 4) is 11.5 Å². The Kier molecular flexibility index (Phi) is 9.71. The molecule has 7 nitrogen and oxygen atoms in total. The highest BCUT2D eigenvalue weighted by Crippen LogP contribution is 2.17. The second kappa shape index (κ2) is 11.5. The molecule has 1 heterocycles. The molecule has 1 amide bonds. The normalized spacial score (nSPS) is 11.0. The first-order valence-corrected chi connectivity index (χ1v) is 8.32. The quantitative estimate of drug-likeness (QED) is 0.250. The van der Waals surface area contributed by atoms with E-state index in [9.17, 15) is 4.79 Å². The third-order valence-electron chi connectivity index (χ3n) is 3.47. The van der Waals surface area contributed by atoms with Gasteiger partial charge in [0.15, 0.2) is 5.96 Å². The topological polar surface area (TPSA) is 91.5 Å². The number of benzene rings is 1. The van der Waals surface area contributed by atoms with Crippen molar-refractivity contribution in [2.24, 2.45) is 10.9 Å². The first-order valence-electron chi connectivity index (χ1n) is 8.32. The fourth-order valence-corrected chi connectivity index (χ4v) is 2.07. The lowest BCUT2D eigenvalue weighted by molar-refractivity contribution is -0.123. The number of halogens is 1. The van der Waals surface area contributed by atoms with Crippen molar-refractivity contribution in [1.29, 1.82) is 0 Å². The fourth-order valence-electron chi connectivity index (χ4n) is 2.07. The van der Waals surface area contributed by atoms with Gasteiger partial charge in [-0.05, 0) is 12.1 Å². The van der Waals surface area contributed by atoms with E-state index in [1.807, 2.05) is 44.2 Å². The molecule has 0 spiro atoms. The maximum Gasteiger partial charge on any atom is 0.226 e. The average molecular weight is 471 g/mol. The highest BCUT2D eigenvalue weighted by molar-refractivity contribution is 14.0. The zero-order valence-electron chi connectivity index (χ0n) is 15.3. The standard InChI is InChI=1S/C18H25N5O2.HI/c1-13(2)16(24)20-9-10-21-18(19-3)22-11-15-12-25-17(23-15)14-7-5-4-6-8-14;/h4-8,12-13H,9-11H2,1-3H3,(H,20,24)(H2,19,21,22);1H. The predicted molar refractivity (Wildman–Crippen MR) is 113 cm³/mol. The van der Waals surface area contributed by atoms with E-state index in [0.29, 0.717) is 31.5 Å². The number of nitrogens with zero attached hydrogens (tertiary/aromatic N) is 2. The molecule has 8 heteroatoms. The Morgan fingerprint density at radius 3 is 2.50 bits per heavy atom. The van der Waals surface area contributed by atoms with Gasteiger partial charge in [-0.1, -0.05) is 32.0 Å². The van der Waals surface area contributed by atoms with Crippen molar-refractivity contribution in [2.45, 2.75) is 20.4 Å². The Morgan fingerprint density at radius 1 is 1.15 bits per heavy atom. The minimum atomic E-state index is -0.0107. The second-order valence-corrected chi connectivity index (χ2v) is 5.81. The van der Waals surface area contributed by atoms with Crippen molar-refractivity contribution >= 4 is 35.8 Å². The summed E-state index contributed by atoms with van der Waals surface area (Å²) in [6, 6.07) is 9.75. The van der Waals surface area contributed by atoms with Crippen LogP contribution in [-0.2, 0) is 11.3 Å². The van der Waals surface area contributed by atoms with Gasteiger partial charge in [0.2, 0.25) is 11.8 Å². The van der Waals surface area contributed by atoms with Gasteiger partial charge in [-0.25, -0.2) is 4.98 Å². The maximum atomic E-state index is 11.5. The molecule has 0 fully saturated rings. The number of nitrogens with one attached hydrogen (secondary N) is 3. The van der Waals surface area contributed by atoms with E-state index < -0.39 is 0 Å². The van der Waals surface area contributed by atoms with E-state index in [0.717, 1.165) is 11.3 Å². The van der Waals surface area contributed by atoms with Crippen LogP contribution in [-0.4, -0.2) is 37.0 Å². The first kappa shape index (κ1) is 21.9. The van der Waals surface area contributed by atoms with Crippen LogP contribution in [0.4, 0.5) is 0 Å². The number of rotatable bonds is 7. The minimum Gasteiger partial charge on any atom is -0.444 e. The van der Waals surface area contributed by atoms with Gasteiger partial charge in [0.05, 0.1) is 12.2 Å². The molecule has 142 valence electrons. The molecule has 0 aliphatic heterocycles. The summed E-state index contributed by atoms with van der Waals surface area (Å²) in [4.78, 5) is 20.1. The van der Waals surface area contributed by atoms with Gasteiger partial charge < -0.3 is 20.4 Å². The van der Waals surface area contributed by atoms with Crippen LogP contribution in [0.25, 0.3) is 11.5 Å². The molecule has 1 aromatic carbocycles. The van der Waals surface area contributed by atoms with Gasteiger partial charge in [0.25, 0.3) is 0 Å². The summed E-state index contributed by atoms with van der Waals surface area (Å²) in [6.07, 6.45) is 1.63. The molecular formula is C18H26IN5O2. The summed E-state index contributed by atoms with van der Waals surface area (Å²) < 4.78 is 5.51. The van der Waals surface area contributed by atoms with E-state index in [4.69, 9.17) is 4.42 Å². The Morgan fingerprint density at radius 2 is 1.85 bits per heavy atom. The van der Waals surface area contributed by atoms with E-state index in [1.165, 1.54) is 0 Å². The Labute approximate surface area is 171 Å². The molecule has 0 bridgehead atoms. The number of hydrogen-bond acceptors (Lipinski definition) is 4. The van der Waals surface area contributed by atoms with Gasteiger partial charge >= 0.3 is 0 Å². The predicted octanol–water partition coefficient (Wildman–Crippen LogP) is 2.40. The minimum absolute atomic E-state index is 0. The number of carbonyl (C=O) groups excluding carboxylic acids is 1. The summed E-state index contributed by atoms with van der Waals surface area (Å²) in [7, 11) is 1.69. The Balaban J connectivity index is 0.00000338. The van der Waals surface area contributed by atoms with Crippen molar-refractivity contribution in [3.63, 3.8) is 0 Å². The van der Waals surface area contributed by atoms with Crippen LogP contribution in [0.1, 0.15) is 19.5 Å². The lowest BCUT2D eigenvalue weighted by Gasteiger charge is -2.12. The summed E-state index contributed by atoms with van der Waals surface area (Å²) >= 11 is 0. The first-order chi connectivity index (χ1) is 12.1. The molecule has 2 aromatic rings. The molecule has 0 radical (unpaired) electrons. The number of amides is 1. The monoisotopic (exact) mass is 471 g/mol. The van der Waals surface area contributed by atoms with Gasteiger partial charge in [-0.2, -0.15) is 0 Å². The zero-order valence-corrected chi connectivity index (χ0v) is 17.6. The zero-order chi connectivity index (χ0) is 18.1. The lowest BCUT2D eigenvalue weighted by atomic mass is 10.2. The van der Waals surface area contributed by atoms with Crippen LogP contribution in [0.5, 0.6) is 0 Å². The third kappa shape index (κ3) is 7.03. The SMILES string of the molecule is CN=C(NCCNC(=O)C(C)C)NCc1coc(-c2ccccc2)n1.I. The Bertz CT molecular complexity index is 701. The second-order valence-electron chi connectivity index (χ2n) is 5.81. The summed E-state index contributed by atoms with van der Waals surface area (Å²) in [5.74, 6) is 1.27. The largest absolute Gasteiger partial charge is 0.444 e. The number of carbonyl (C=O) groups is 1. The van der Waals surface area contributed by atoms with E-state index in [-0.39, 0.29) is 35.8 Å². The van der Waals surface area contributed by atoms with Crippen molar-refractivity contribution in [3.05, 3.63) is 42.3 Å². The fraction of sp³-hybridized carbons (Fsp3) is 0.389. The van der Waals surface area contributed by atoms with Crippen LogP contribution in [0.3, 0.4) is 0 Å². The molecule has 1 aromatic heterocycles. The maximum absolute atomic E-state index is 11.5. The van der Waals surface area contributed by atoms with Crippen LogP contribution in [0.15, 0.2) is 46.0 Å². The summed E-state index contributed by atoms with van der Waals surface area (Å²) in [6.45, 7) is 5.36. The van der Waals surface area contributed by atoms with E-state index in [1.54, 1.807) is 13.3 Å². The number of guanidine groups is 1. The molecule has 0 saturated carbocycles. The summed E-state index contributed by atoms with van der Waals surface area (Å²) in [5.41, 5.74) is 1.73. The number of oxazole rings is 1. The van der Waals surface area contributed by atoms with Gasteiger partial charge in [-0.15, -0.1) is 24.0 Å². The molecule has 0 unspecified atom stereocenters. The average Bonchev–Trinajstić information content (AvgIpc) is 3.10. The van der Waals surface area contributed by atoms with Crippen LogP contribution in [0.2, 0.25) is 0 Å². The van der Waals surface area contributed by atoms with Crippen molar-refractivity contribution < 1.29 is 9.21 Å². The van der Waals surface area contributed by atoms with Crippen LogP contribution in [0, 0.1) is 5.92 Å². The van der Waals surface area contributed by atoms with Crippen molar-refractivity contribution in [1.82, 2.24) is 20.9 Å². The number of aliphatic imine (C=N–C) groups is 1. The van der Waals surface area contributed by atoms with Crippen LogP contribution < -0.4 is 16.0 Å². The Hall–Kier alpha value is -2.10. The van der Waals surface area contributed by atoms with Gasteiger partial charge in [0.1, 0.15) is 6.26 Å².